The predicted octanol–water partition coefficient (Wildman–Crippen LogP) is 5.50. The van der Waals surface area contributed by atoms with Gasteiger partial charge in [-0.3, -0.25) is 19.5 Å². The number of aryl methyl sites for hydroxylation is 1. The number of carbonyl (C=O) groups is 1. The molecule has 12 nitrogen and oxygen atoms in total. The Balaban J connectivity index is 1.13. The highest BCUT2D eigenvalue weighted by Crippen LogP contribution is 2.25. The summed E-state index contributed by atoms with van der Waals surface area (Å²) in [6.45, 7) is 11.4. The summed E-state index contributed by atoms with van der Waals surface area (Å²) >= 11 is 0. The number of hydrogen-bond acceptors (Lipinski definition) is 9. The van der Waals surface area contributed by atoms with Crippen molar-refractivity contribution in [2.75, 3.05) is 48.8 Å². The number of H-pyrrole nitrogens is 1. The van der Waals surface area contributed by atoms with Crippen LogP contribution < -0.4 is 16.0 Å². The largest absolute Gasteiger partial charge is 0.379 e. The summed E-state index contributed by atoms with van der Waals surface area (Å²) in [5.41, 5.74) is 6.28. The number of nitrogens with zero attached hydrogens (tertiary/aromatic N) is 6. The third kappa shape index (κ3) is 8.34. The van der Waals surface area contributed by atoms with Gasteiger partial charge in [-0.1, -0.05) is 38.1 Å². The summed E-state index contributed by atoms with van der Waals surface area (Å²) in [7, 11) is 0. The second-order valence-electron chi connectivity index (χ2n) is 11.8. The molecule has 1 amide bonds. The lowest BCUT2D eigenvalue weighted by Crippen LogP contribution is -2.38. The number of morpholine rings is 1. The smallest absolute Gasteiger partial charge is 0.229 e. The maximum absolute atomic E-state index is 12.7. The molecule has 2 aromatic carbocycles. The van der Waals surface area contributed by atoms with Gasteiger partial charge in [0, 0.05) is 60.6 Å². The topological polar surface area (TPSA) is 138 Å². The summed E-state index contributed by atoms with van der Waals surface area (Å²) < 4.78 is 7.40. The third-order valence-corrected chi connectivity index (χ3v) is 7.80. The van der Waals surface area contributed by atoms with Crippen molar-refractivity contribution in [1.82, 2.24) is 34.8 Å². The number of aromatic nitrogens is 6. The van der Waals surface area contributed by atoms with Crippen molar-refractivity contribution in [2.24, 2.45) is 0 Å². The van der Waals surface area contributed by atoms with Crippen LogP contribution in [0.15, 0.2) is 73.1 Å². The Hall–Kier alpha value is -5.07. The monoisotopic (exact) mass is 620 g/mol. The first-order chi connectivity index (χ1) is 22.4. The zero-order chi connectivity index (χ0) is 31.9. The van der Waals surface area contributed by atoms with Crippen LogP contribution in [0.4, 0.5) is 29.0 Å². The van der Waals surface area contributed by atoms with Crippen LogP contribution in [0.1, 0.15) is 36.6 Å². The molecule has 1 fully saturated rings. The van der Waals surface area contributed by atoms with E-state index in [0.717, 1.165) is 73.3 Å². The highest BCUT2D eigenvalue weighted by molar-refractivity contribution is 5.92. The Kier molecular flexibility index (Phi) is 9.65. The fourth-order valence-corrected chi connectivity index (χ4v) is 5.19. The fraction of sp³-hybridized carbons (Fsp3) is 0.324. The van der Waals surface area contributed by atoms with Gasteiger partial charge in [0.2, 0.25) is 11.9 Å². The van der Waals surface area contributed by atoms with Crippen LogP contribution >= 0.6 is 0 Å². The zero-order valence-corrected chi connectivity index (χ0v) is 26.5. The van der Waals surface area contributed by atoms with E-state index < -0.39 is 0 Å². The van der Waals surface area contributed by atoms with E-state index in [0.29, 0.717) is 23.5 Å². The molecule has 1 aliphatic heterocycles. The van der Waals surface area contributed by atoms with Crippen LogP contribution in [-0.4, -0.2) is 73.6 Å². The Labute approximate surface area is 268 Å². The Morgan fingerprint density at radius 1 is 0.935 bits per heavy atom. The number of nitrogens with one attached hydrogen (secondary N) is 4. The summed E-state index contributed by atoms with van der Waals surface area (Å²) in [5, 5.41) is 21.4. The number of amides is 1. The van der Waals surface area contributed by atoms with Crippen LogP contribution in [0.5, 0.6) is 0 Å². The molecule has 1 saturated heterocycles. The van der Waals surface area contributed by atoms with Gasteiger partial charge in [-0.25, -0.2) is 4.98 Å². The molecule has 0 saturated carbocycles. The van der Waals surface area contributed by atoms with Gasteiger partial charge in [-0.2, -0.15) is 15.2 Å². The first-order valence-electron chi connectivity index (χ1n) is 15.6. The van der Waals surface area contributed by atoms with Crippen molar-refractivity contribution in [1.29, 1.82) is 0 Å². The van der Waals surface area contributed by atoms with Crippen molar-refractivity contribution < 1.29 is 9.53 Å². The van der Waals surface area contributed by atoms with Gasteiger partial charge in [0.1, 0.15) is 5.82 Å². The van der Waals surface area contributed by atoms with Gasteiger partial charge >= 0.3 is 0 Å². The minimum Gasteiger partial charge on any atom is -0.379 e. The summed E-state index contributed by atoms with van der Waals surface area (Å²) in [5.74, 6) is 2.05. The van der Waals surface area contributed by atoms with E-state index in [4.69, 9.17) is 14.7 Å². The molecule has 46 heavy (non-hydrogen) atoms. The van der Waals surface area contributed by atoms with E-state index in [1.54, 1.807) is 0 Å². The van der Waals surface area contributed by atoms with Gasteiger partial charge < -0.3 is 20.7 Å². The van der Waals surface area contributed by atoms with Gasteiger partial charge in [0.25, 0.3) is 0 Å². The van der Waals surface area contributed by atoms with Crippen LogP contribution in [-0.2, 0) is 22.5 Å². The van der Waals surface area contributed by atoms with Crippen LogP contribution in [0.25, 0.3) is 11.3 Å². The molecule has 0 radical (unpaired) electrons. The maximum Gasteiger partial charge on any atom is 0.229 e. The average Bonchev–Trinajstić information content (AvgIpc) is 3.70. The zero-order valence-electron chi connectivity index (χ0n) is 26.5. The number of benzene rings is 2. The lowest BCUT2D eigenvalue weighted by atomic mass is 10.0. The van der Waals surface area contributed by atoms with E-state index in [1.165, 1.54) is 5.56 Å². The van der Waals surface area contributed by atoms with Crippen LogP contribution in [0, 0.1) is 6.92 Å². The number of ether oxygens (including phenoxy) is 1. The molecule has 6 rings (SSSR count). The molecule has 12 heteroatoms. The van der Waals surface area contributed by atoms with E-state index in [2.05, 4.69) is 50.0 Å². The Bertz CT molecular complexity index is 1740. The molecule has 0 spiro atoms. The first kappa shape index (κ1) is 30.9. The van der Waals surface area contributed by atoms with Gasteiger partial charge in [0.05, 0.1) is 38.1 Å². The molecular formula is C34H40N10O2. The van der Waals surface area contributed by atoms with Crippen molar-refractivity contribution in [3.8, 4) is 11.3 Å². The number of aromatic amines is 1. The highest BCUT2D eigenvalue weighted by Gasteiger charge is 2.14. The Morgan fingerprint density at radius 3 is 2.41 bits per heavy atom. The number of carbonyl (C=O) groups excluding carboxylic acids is 1. The molecule has 4 N–H and O–H groups in total. The number of hydrogen-bond donors (Lipinski definition) is 4. The number of anilines is 5. The fourth-order valence-electron chi connectivity index (χ4n) is 5.19. The molecular weight excluding hydrogens is 580 g/mol. The van der Waals surface area contributed by atoms with Crippen molar-refractivity contribution in [3.63, 3.8) is 0 Å². The van der Waals surface area contributed by atoms with E-state index in [-0.39, 0.29) is 12.3 Å². The molecule has 0 aliphatic carbocycles. The van der Waals surface area contributed by atoms with E-state index >= 15 is 0 Å². The molecule has 3 aromatic heterocycles. The SMILES string of the molecule is Cc1cc(Nc2cc(-c3cnn(CCN4CCOCC4)c3)nc(Nc3ccc(CC(=O)Nc4ccc(C(C)C)cc4)cc3)n2)n[nH]1. The third-order valence-electron chi connectivity index (χ3n) is 7.80. The normalized spacial score (nSPS) is 13.6. The molecule has 0 atom stereocenters. The molecule has 4 heterocycles. The predicted molar refractivity (Wildman–Crippen MR) is 180 cm³/mol. The second kappa shape index (κ2) is 14.4. The minimum atomic E-state index is -0.0659. The first-order valence-corrected chi connectivity index (χ1v) is 15.6. The van der Waals surface area contributed by atoms with Crippen molar-refractivity contribution in [2.45, 2.75) is 39.7 Å². The maximum atomic E-state index is 12.7. The van der Waals surface area contributed by atoms with E-state index in [1.807, 2.05) is 84.7 Å². The average molecular weight is 621 g/mol. The molecule has 0 unspecified atom stereocenters. The quantitative estimate of drug-likeness (QED) is 0.143. The second-order valence-corrected chi connectivity index (χ2v) is 11.8. The van der Waals surface area contributed by atoms with Crippen LogP contribution in [0.3, 0.4) is 0 Å². The highest BCUT2D eigenvalue weighted by atomic mass is 16.5. The summed E-state index contributed by atoms with van der Waals surface area (Å²) in [4.78, 5) is 24.6. The molecule has 1 aliphatic rings. The summed E-state index contributed by atoms with van der Waals surface area (Å²) in [6, 6.07) is 19.5. The minimum absolute atomic E-state index is 0.0659. The van der Waals surface area contributed by atoms with Crippen LogP contribution in [0.2, 0.25) is 0 Å². The van der Waals surface area contributed by atoms with Gasteiger partial charge in [-0.15, -0.1) is 0 Å². The lowest BCUT2D eigenvalue weighted by Gasteiger charge is -2.26. The van der Waals surface area contributed by atoms with Crippen molar-refractivity contribution in [3.05, 3.63) is 89.9 Å². The standard InChI is InChI=1S/C34H40N10O2/c1-23(2)26-6-10-28(11-7-26)36-33(45)19-25-4-8-29(9-5-25)37-34-38-30(20-31(40-34)39-32-18-24(3)41-42-32)27-21-35-44(22-27)13-12-43-14-16-46-17-15-43/h4-11,18,20-23H,12-17,19H2,1-3H3,(H,36,45)(H3,37,38,39,40,41,42). The molecule has 5 aromatic rings. The lowest BCUT2D eigenvalue weighted by molar-refractivity contribution is -0.115. The summed E-state index contributed by atoms with van der Waals surface area (Å²) in [6.07, 6.45) is 4.10. The van der Waals surface area contributed by atoms with Crippen molar-refractivity contribution >= 4 is 34.9 Å². The molecule has 238 valence electrons. The Morgan fingerprint density at radius 2 is 1.70 bits per heavy atom. The van der Waals surface area contributed by atoms with Gasteiger partial charge in [0.15, 0.2) is 5.82 Å². The van der Waals surface area contributed by atoms with E-state index in [9.17, 15) is 4.79 Å². The number of rotatable bonds is 12. The molecule has 0 bridgehead atoms. The van der Waals surface area contributed by atoms with Gasteiger partial charge in [-0.05, 0) is 48.2 Å².